The first-order valence-electron chi connectivity index (χ1n) is 22.9. The van der Waals surface area contributed by atoms with Crippen molar-refractivity contribution in [1.29, 1.82) is 0 Å². The largest absolute Gasteiger partial charge is 0.492 e. The molecule has 18 nitrogen and oxygen atoms in total. The number of hydrogen-bond donors (Lipinski definition) is 11. The van der Waals surface area contributed by atoms with Crippen LogP contribution in [0.25, 0.3) is 0 Å². The summed E-state index contributed by atoms with van der Waals surface area (Å²) in [5.74, 6) is 0.822. The Hall–Kier alpha value is -1.14. The van der Waals surface area contributed by atoms with E-state index in [1.807, 2.05) is 19.9 Å². The second-order valence-electron chi connectivity index (χ2n) is 20.9. The number of ether oxygens (including phenoxy) is 7. The summed E-state index contributed by atoms with van der Waals surface area (Å²) >= 11 is 0. The first kappa shape index (κ1) is 47.4. The quantitative estimate of drug-likeness (QED) is 0.115. The molecule has 4 saturated heterocycles. The summed E-state index contributed by atoms with van der Waals surface area (Å²) in [5.41, 5.74) is -1.76. The van der Waals surface area contributed by atoms with Gasteiger partial charge in [0.05, 0.1) is 38.1 Å². The van der Waals surface area contributed by atoms with Crippen molar-refractivity contribution in [2.75, 3.05) is 19.8 Å². The lowest BCUT2D eigenvalue weighted by molar-refractivity contribution is -0.357. The van der Waals surface area contributed by atoms with Gasteiger partial charge >= 0.3 is 0 Å². The van der Waals surface area contributed by atoms with Gasteiger partial charge in [-0.25, -0.2) is 0 Å². The summed E-state index contributed by atoms with van der Waals surface area (Å²) in [7, 11) is 0. The normalized spacial score (nSPS) is 56.4. The minimum Gasteiger partial charge on any atom is -0.492 e. The van der Waals surface area contributed by atoms with Crippen LogP contribution in [0.2, 0.25) is 0 Å². The summed E-state index contributed by atoms with van der Waals surface area (Å²) in [4.78, 5) is 0. The van der Waals surface area contributed by atoms with Crippen LogP contribution < -0.4 is 0 Å². The van der Waals surface area contributed by atoms with Crippen LogP contribution in [-0.2, 0) is 33.2 Å². The van der Waals surface area contributed by atoms with Gasteiger partial charge in [0.1, 0.15) is 78.5 Å². The average molecular weight is 889 g/mol. The topological polar surface area (TPSA) is 287 Å². The molecule has 0 aromatic heterocycles. The minimum absolute atomic E-state index is 0.0595. The monoisotopic (exact) mass is 888 g/mol. The highest BCUT2D eigenvalue weighted by molar-refractivity contribution is 5.26. The van der Waals surface area contributed by atoms with Crippen LogP contribution in [0, 0.1) is 46.3 Å². The van der Waals surface area contributed by atoms with E-state index in [0.29, 0.717) is 37.4 Å². The lowest BCUT2D eigenvalue weighted by Gasteiger charge is -2.63. The van der Waals surface area contributed by atoms with E-state index in [0.717, 1.165) is 25.7 Å². The van der Waals surface area contributed by atoms with Gasteiger partial charge in [-0.15, -0.1) is 0 Å². The van der Waals surface area contributed by atoms with Crippen molar-refractivity contribution in [2.45, 2.75) is 196 Å². The Morgan fingerprint density at radius 3 is 2.18 bits per heavy atom. The summed E-state index contributed by atoms with van der Waals surface area (Å²) in [6.07, 6.45) is -12.6. The Bertz CT molecular complexity index is 1580. The molecule has 26 atom stereocenters. The van der Waals surface area contributed by atoms with Crippen molar-refractivity contribution in [3.63, 3.8) is 0 Å². The fraction of sp³-hybridized carbons (Fsp3) is 0.955. The average Bonchev–Trinajstić information content (AvgIpc) is 3.69. The maximum atomic E-state index is 12.4. The molecule has 0 amide bonds. The highest BCUT2D eigenvalue weighted by Gasteiger charge is 2.70. The zero-order valence-electron chi connectivity index (χ0n) is 36.4. The van der Waals surface area contributed by atoms with E-state index in [-0.39, 0.29) is 59.7 Å². The molecular formula is C44H72O18. The Labute approximate surface area is 362 Å². The second kappa shape index (κ2) is 17.8. The molecule has 8 aliphatic rings. The van der Waals surface area contributed by atoms with Gasteiger partial charge in [-0.1, -0.05) is 20.8 Å². The number of aliphatic hydroxyl groups excluding tert-OH is 10. The third-order valence-electron chi connectivity index (χ3n) is 17.0. The van der Waals surface area contributed by atoms with Gasteiger partial charge < -0.3 is 89.3 Å². The van der Waals surface area contributed by atoms with E-state index in [9.17, 15) is 56.2 Å². The molecule has 62 heavy (non-hydrogen) atoms. The third-order valence-corrected chi connectivity index (χ3v) is 17.0. The summed E-state index contributed by atoms with van der Waals surface area (Å²) in [6.45, 7) is 9.26. The van der Waals surface area contributed by atoms with Crippen molar-refractivity contribution in [3.05, 3.63) is 11.8 Å². The lowest BCUT2D eigenvalue weighted by Crippen LogP contribution is -2.64. The Kier molecular flexibility index (Phi) is 13.6. The molecule has 0 unspecified atom stereocenters. The number of rotatable bonds is 10. The van der Waals surface area contributed by atoms with Gasteiger partial charge in [0, 0.05) is 5.92 Å². The maximum Gasteiger partial charge on any atom is 0.186 e. The molecule has 0 bridgehead atoms. The molecule has 11 N–H and O–H groups in total. The Morgan fingerprint density at radius 2 is 1.45 bits per heavy atom. The van der Waals surface area contributed by atoms with Crippen molar-refractivity contribution in [2.24, 2.45) is 46.3 Å². The zero-order chi connectivity index (χ0) is 44.8. The van der Waals surface area contributed by atoms with Gasteiger partial charge in [0.15, 0.2) is 18.9 Å². The van der Waals surface area contributed by atoms with Gasteiger partial charge in [0.25, 0.3) is 0 Å². The van der Waals surface area contributed by atoms with Crippen LogP contribution in [0.15, 0.2) is 11.8 Å². The fourth-order valence-electron chi connectivity index (χ4n) is 13.5. The molecule has 0 radical (unpaired) electrons. The van der Waals surface area contributed by atoms with E-state index in [4.69, 9.17) is 33.2 Å². The van der Waals surface area contributed by atoms with E-state index in [1.54, 1.807) is 6.92 Å². The highest BCUT2D eigenvalue weighted by Crippen LogP contribution is 2.71. The van der Waals surface area contributed by atoms with Crippen LogP contribution in [-0.4, -0.2) is 186 Å². The minimum atomic E-state index is -1.63. The standard InChI is InChI=1S/C44H72O18/c1-18(16-56-39-35(53)33(51)32(50)28(15-45)61-39)6-7-29-44(5,55)38-27(59-29)14-23-21-13-26(24-12-20(46)8-10-42(24,3)22(21)9-11-43(23,38)4)60-41-36(54)37(30(48)19(2)58-41)62-40-34(52)31(49)25(47)17-57-40/h7,18-28,30-41,45-55H,6,8-17H2,1-5H3/b29-7+/t18-,19-,20+,21-,22+,23+,24-,25-,26+,27+,28-,30-,31+,32-,33+,34-,35-,36-,37+,38+,39-,40+,41+,42-,43+,44+/m1/s1. The van der Waals surface area contributed by atoms with Gasteiger partial charge in [-0.05, 0) is 112 Å². The maximum absolute atomic E-state index is 12.4. The van der Waals surface area contributed by atoms with Crippen molar-refractivity contribution in [1.82, 2.24) is 0 Å². The molecule has 4 saturated carbocycles. The van der Waals surface area contributed by atoms with Crippen LogP contribution in [0.3, 0.4) is 0 Å². The lowest BCUT2D eigenvalue weighted by atomic mass is 9.43. The number of hydrogen-bond acceptors (Lipinski definition) is 18. The smallest absolute Gasteiger partial charge is 0.186 e. The SMILES string of the molecule is C[C@H](C/C=C1/O[C@H]2C[C@H]3[C@@H]4C[C@H](O[C@@H]5O[C@H](C)[C@@H](O)[C@H](O[C@@H]6OC[C@@H](O)[C@H](O)[C@H]6O)[C@H]5O)[C@H]5C[C@@H](O)CC[C@]5(C)[C@H]4CC[C@]3(C)[C@H]2[C@@]1(C)O)CO[C@@H]1O[C@H](CO)[C@@H](O)[C@H](O)[C@H]1O. The molecule has 0 aromatic carbocycles. The van der Waals surface area contributed by atoms with Crippen molar-refractivity contribution in [3.8, 4) is 0 Å². The zero-order valence-corrected chi connectivity index (χ0v) is 36.4. The van der Waals surface area contributed by atoms with Crippen LogP contribution >= 0.6 is 0 Å². The molecule has 4 aliphatic carbocycles. The molecule has 4 aliphatic heterocycles. The first-order valence-corrected chi connectivity index (χ1v) is 22.9. The van der Waals surface area contributed by atoms with E-state index in [1.165, 1.54) is 0 Å². The number of aliphatic hydroxyl groups is 11. The predicted octanol–water partition coefficient (Wildman–Crippen LogP) is -1.22. The summed E-state index contributed by atoms with van der Waals surface area (Å²) < 4.78 is 42.2. The van der Waals surface area contributed by atoms with Crippen LogP contribution in [0.1, 0.15) is 86.0 Å². The molecule has 8 fully saturated rings. The molecule has 18 heteroatoms. The van der Waals surface area contributed by atoms with Crippen molar-refractivity contribution >= 4 is 0 Å². The van der Waals surface area contributed by atoms with Gasteiger partial charge in [-0.2, -0.15) is 0 Å². The third kappa shape index (κ3) is 8.11. The number of allylic oxidation sites excluding steroid dienone is 1. The Morgan fingerprint density at radius 1 is 0.742 bits per heavy atom. The highest BCUT2D eigenvalue weighted by atomic mass is 16.7. The number of fused-ring (bicyclic) bond motifs is 7. The molecule has 8 rings (SSSR count). The van der Waals surface area contributed by atoms with Gasteiger partial charge in [0.2, 0.25) is 0 Å². The van der Waals surface area contributed by atoms with Gasteiger partial charge in [-0.3, -0.25) is 0 Å². The summed E-state index contributed by atoms with van der Waals surface area (Å²) in [5, 5.41) is 117. The van der Waals surface area contributed by atoms with E-state index >= 15 is 0 Å². The van der Waals surface area contributed by atoms with Crippen LogP contribution in [0.5, 0.6) is 0 Å². The summed E-state index contributed by atoms with van der Waals surface area (Å²) in [6, 6.07) is 0. The first-order chi connectivity index (χ1) is 29.2. The fourth-order valence-corrected chi connectivity index (χ4v) is 13.5. The molecular weight excluding hydrogens is 816 g/mol. The second-order valence-corrected chi connectivity index (χ2v) is 20.9. The predicted molar refractivity (Wildman–Crippen MR) is 213 cm³/mol. The molecule has 0 aromatic rings. The Balaban J connectivity index is 0.963. The van der Waals surface area contributed by atoms with Crippen molar-refractivity contribution < 1.29 is 89.3 Å². The molecule has 4 heterocycles. The van der Waals surface area contributed by atoms with Crippen LogP contribution in [0.4, 0.5) is 0 Å². The van der Waals surface area contributed by atoms with E-state index < -0.39 is 110 Å². The molecule has 356 valence electrons. The molecule has 0 spiro atoms. The van der Waals surface area contributed by atoms with E-state index in [2.05, 4.69) is 13.8 Å².